The predicted molar refractivity (Wildman–Crippen MR) is 103 cm³/mol. The number of carbonyl (C=O) groups is 1. The SMILES string of the molecule is CN(Cc1ccccc1Br)C(=O)c1cnn2c1[nH]c(=O)c1ccccc12. The quantitative estimate of drug-likeness (QED) is 0.563. The number of fused-ring (bicyclic) bond motifs is 3. The molecule has 4 aromatic rings. The molecule has 130 valence electrons. The summed E-state index contributed by atoms with van der Waals surface area (Å²) < 4.78 is 2.54. The first-order valence-corrected chi connectivity index (χ1v) is 8.83. The van der Waals surface area contributed by atoms with Crippen LogP contribution in [0, 0.1) is 0 Å². The maximum Gasteiger partial charge on any atom is 0.259 e. The second kappa shape index (κ2) is 6.42. The second-order valence-electron chi connectivity index (χ2n) is 6.04. The Kier molecular flexibility index (Phi) is 4.08. The third kappa shape index (κ3) is 2.70. The van der Waals surface area contributed by atoms with Crippen molar-refractivity contribution in [2.24, 2.45) is 0 Å². The molecule has 1 N–H and O–H groups in total. The first-order chi connectivity index (χ1) is 12.6. The fourth-order valence-electron chi connectivity index (χ4n) is 2.99. The van der Waals surface area contributed by atoms with E-state index in [9.17, 15) is 9.59 Å². The van der Waals surface area contributed by atoms with Crippen LogP contribution in [0.4, 0.5) is 0 Å². The number of hydrogen-bond donors (Lipinski definition) is 1. The molecule has 2 aromatic heterocycles. The van der Waals surface area contributed by atoms with E-state index in [4.69, 9.17) is 0 Å². The van der Waals surface area contributed by atoms with Crippen molar-refractivity contribution in [3.05, 3.63) is 80.7 Å². The number of aromatic nitrogens is 3. The molecule has 0 aliphatic carbocycles. The number of para-hydroxylation sites is 1. The highest BCUT2D eigenvalue weighted by molar-refractivity contribution is 9.10. The molecule has 0 spiro atoms. The lowest BCUT2D eigenvalue weighted by molar-refractivity contribution is 0.0786. The number of benzene rings is 2. The Morgan fingerprint density at radius 2 is 1.92 bits per heavy atom. The van der Waals surface area contributed by atoms with Crippen LogP contribution in [0.1, 0.15) is 15.9 Å². The van der Waals surface area contributed by atoms with E-state index in [0.29, 0.717) is 28.7 Å². The van der Waals surface area contributed by atoms with Gasteiger partial charge >= 0.3 is 0 Å². The van der Waals surface area contributed by atoms with E-state index in [0.717, 1.165) is 10.0 Å². The van der Waals surface area contributed by atoms with E-state index >= 15 is 0 Å². The summed E-state index contributed by atoms with van der Waals surface area (Å²) in [4.78, 5) is 29.6. The van der Waals surface area contributed by atoms with E-state index in [1.165, 1.54) is 6.20 Å². The maximum atomic E-state index is 12.9. The number of hydrogen-bond acceptors (Lipinski definition) is 3. The van der Waals surface area contributed by atoms with Gasteiger partial charge in [0.05, 0.1) is 17.1 Å². The summed E-state index contributed by atoms with van der Waals surface area (Å²) in [5.41, 5.74) is 2.19. The number of carbonyl (C=O) groups excluding carboxylic acids is 1. The fourth-order valence-corrected chi connectivity index (χ4v) is 3.40. The Bertz CT molecular complexity index is 1200. The molecule has 2 aromatic carbocycles. The molecule has 0 bridgehead atoms. The molecule has 4 rings (SSSR count). The molecule has 2 heterocycles. The largest absolute Gasteiger partial charge is 0.337 e. The summed E-state index contributed by atoms with van der Waals surface area (Å²) in [5.74, 6) is -0.207. The Balaban J connectivity index is 1.76. The maximum absolute atomic E-state index is 12.9. The van der Waals surface area contributed by atoms with Gasteiger partial charge in [0.15, 0.2) is 0 Å². The van der Waals surface area contributed by atoms with Crippen LogP contribution in [0.3, 0.4) is 0 Å². The molecule has 0 atom stereocenters. The van der Waals surface area contributed by atoms with Gasteiger partial charge in [0.25, 0.3) is 11.5 Å². The average Bonchev–Trinajstić information content (AvgIpc) is 3.07. The van der Waals surface area contributed by atoms with Crippen molar-refractivity contribution in [1.29, 1.82) is 0 Å². The minimum absolute atomic E-state index is 0.207. The van der Waals surface area contributed by atoms with Crippen LogP contribution in [-0.2, 0) is 6.54 Å². The van der Waals surface area contributed by atoms with Crippen molar-refractivity contribution in [2.75, 3.05) is 7.05 Å². The summed E-state index contributed by atoms with van der Waals surface area (Å²) in [7, 11) is 1.73. The van der Waals surface area contributed by atoms with Gasteiger partial charge < -0.3 is 9.88 Å². The highest BCUT2D eigenvalue weighted by Gasteiger charge is 2.20. The van der Waals surface area contributed by atoms with Gasteiger partial charge in [-0.1, -0.05) is 46.3 Å². The topological polar surface area (TPSA) is 70.5 Å². The monoisotopic (exact) mass is 410 g/mol. The number of aromatic amines is 1. The Morgan fingerprint density at radius 3 is 2.73 bits per heavy atom. The third-order valence-electron chi connectivity index (χ3n) is 4.32. The molecule has 7 heteroatoms. The molecule has 0 unspecified atom stereocenters. The molecule has 26 heavy (non-hydrogen) atoms. The van der Waals surface area contributed by atoms with Gasteiger partial charge in [-0.3, -0.25) is 9.59 Å². The molecule has 0 radical (unpaired) electrons. The molecule has 0 saturated heterocycles. The van der Waals surface area contributed by atoms with Crippen LogP contribution in [0.5, 0.6) is 0 Å². The number of nitrogens with one attached hydrogen (secondary N) is 1. The summed E-state index contributed by atoms with van der Waals surface area (Å²) in [6, 6.07) is 14.9. The second-order valence-corrected chi connectivity index (χ2v) is 6.90. The molecule has 0 aliphatic rings. The molecular formula is C19H15BrN4O2. The Morgan fingerprint density at radius 1 is 1.19 bits per heavy atom. The van der Waals surface area contributed by atoms with Gasteiger partial charge in [0.2, 0.25) is 0 Å². The van der Waals surface area contributed by atoms with Crippen molar-refractivity contribution in [1.82, 2.24) is 19.5 Å². The van der Waals surface area contributed by atoms with Crippen molar-refractivity contribution >= 4 is 38.4 Å². The molecule has 6 nitrogen and oxygen atoms in total. The number of amides is 1. The highest BCUT2D eigenvalue weighted by Crippen LogP contribution is 2.20. The number of halogens is 1. The first-order valence-electron chi connectivity index (χ1n) is 8.04. The lowest BCUT2D eigenvalue weighted by atomic mass is 10.2. The van der Waals surface area contributed by atoms with Gasteiger partial charge in [-0.25, -0.2) is 4.52 Å². The highest BCUT2D eigenvalue weighted by atomic mass is 79.9. The van der Waals surface area contributed by atoms with Crippen molar-refractivity contribution in [3.63, 3.8) is 0 Å². The summed E-state index contributed by atoms with van der Waals surface area (Å²) in [5, 5.41) is 4.84. The third-order valence-corrected chi connectivity index (χ3v) is 5.09. The molecule has 1 amide bonds. The van der Waals surface area contributed by atoms with E-state index in [2.05, 4.69) is 26.0 Å². The first kappa shape index (κ1) is 16.5. The van der Waals surface area contributed by atoms with Gasteiger partial charge in [-0.2, -0.15) is 5.10 Å². The van der Waals surface area contributed by atoms with Gasteiger partial charge in [-0.05, 0) is 23.8 Å². The number of H-pyrrole nitrogens is 1. The number of rotatable bonds is 3. The zero-order valence-electron chi connectivity index (χ0n) is 13.9. The van der Waals surface area contributed by atoms with Crippen molar-refractivity contribution in [2.45, 2.75) is 6.54 Å². The van der Waals surface area contributed by atoms with Gasteiger partial charge in [0, 0.05) is 18.1 Å². The predicted octanol–water partition coefficient (Wildman–Crippen LogP) is 3.21. The summed E-state index contributed by atoms with van der Waals surface area (Å²) in [6.07, 6.45) is 1.50. The van der Waals surface area contributed by atoms with Crippen LogP contribution in [0.15, 0.2) is 64.0 Å². The smallest absolute Gasteiger partial charge is 0.259 e. The Labute approximate surface area is 157 Å². The van der Waals surface area contributed by atoms with Crippen LogP contribution in [0.2, 0.25) is 0 Å². The van der Waals surface area contributed by atoms with Crippen LogP contribution < -0.4 is 5.56 Å². The van der Waals surface area contributed by atoms with Crippen LogP contribution >= 0.6 is 15.9 Å². The van der Waals surface area contributed by atoms with Crippen LogP contribution in [-0.4, -0.2) is 32.5 Å². The zero-order valence-corrected chi connectivity index (χ0v) is 15.5. The molecule has 0 aliphatic heterocycles. The minimum atomic E-state index is -0.240. The molecule has 0 saturated carbocycles. The van der Waals surface area contributed by atoms with Gasteiger partial charge in [0.1, 0.15) is 11.2 Å². The molecular weight excluding hydrogens is 396 g/mol. The number of nitrogens with zero attached hydrogens (tertiary/aromatic N) is 3. The minimum Gasteiger partial charge on any atom is -0.337 e. The average molecular weight is 411 g/mol. The fraction of sp³-hybridized carbons (Fsp3) is 0.105. The Hall–Kier alpha value is -2.93. The van der Waals surface area contributed by atoms with Crippen molar-refractivity contribution < 1.29 is 4.79 Å². The molecule has 0 fully saturated rings. The summed E-state index contributed by atoms with van der Waals surface area (Å²) >= 11 is 3.50. The van der Waals surface area contributed by atoms with E-state index in [1.807, 2.05) is 36.4 Å². The van der Waals surface area contributed by atoms with Crippen LogP contribution in [0.25, 0.3) is 16.6 Å². The van der Waals surface area contributed by atoms with E-state index in [-0.39, 0.29) is 11.5 Å². The normalized spacial score (nSPS) is 11.2. The zero-order chi connectivity index (χ0) is 18.3. The van der Waals surface area contributed by atoms with E-state index in [1.54, 1.807) is 28.6 Å². The summed E-state index contributed by atoms with van der Waals surface area (Å²) in [6.45, 7) is 0.440. The standard InChI is InChI=1S/C19H15BrN4O2/c1-23(11-12-6-2-4-8-15(12)20)19(26)14-10-21-24-16-9-5-3-7-13(16)18(25)22-17(14)24/h2-10H,11H2,1H3,(H,22,25). The van der Waals surface area contributed by atoms with Gasteiger partial charge in [-0.15, -0.1) is 0 Å². The van der Waals surface area contributed by atoms with Crippen molar-refractivity contribution in [3.8, 4) is 0 Å². The van der Waals surface area contributed by atoms with E-state index < -0.39 is 0 Å². The lowest BCUT2D eigenvalue weighted by Gasteiger charge is -2.17. The lowest BCUT2D eigenvalue weighted by Crippen LogP contribution is -2.26.